The molecule has 2 aromatic heterocycles. The number of benzene rings is 1. The largest absolute Gasteiger partial charge is 0.468 e. The Kier molecular flexibility index (Phi) is 7.02. The maximum Gasteiger partial charge on any atom is 0.316 e. The molecule has 4 rings (SSSR count). The van der Waals surface area contributed by atoms with E-state index < -0.39 is 16.9 Å². The lowest BCUT2D eigenvalue weighted by atomic mass is 9.94. The van der Waals surface area contributed by atoms with Crippen LogP contribution in [0.25, 0.3) is 16.7 Å². The van der Waals surface area contributed by atoms with E-state index in [1.807, 2.05) is 24.3 Å². The van der Waals surface area contributed by atoms with Gasteiger partial charge < -0.3 is 15.8 Å². The van der Waals surface area contributed by atoms with Crippen LogP contribution < -0.4 is 11.1 Å². The third-order valence-corrected chi connectivity index (χ3v) is 6.33. The number of nitrogens with zero attached hydrogens (tertiary/aromatic N) is 4. The van der Waals surface area contributed by atoms with Gasteiger partial charge in [0.05, 0.1) is 36.2 Å². The fraction of sp³-hybridized carbons (Fsp3) is 0.296. The molecule has 0 amide bonds. The Hall–Kier alpha value is -4.21. The quantitative estimate of drug-likeness (QED) is 0.275. The fourth-order valence-corrected chi connectivity index (χ4v) is 4.05. The fourth-order valence-electron chi connectivity index (χ4n) is 4.05. The third-order valence-electron chi connectivity index (χ3n) is 6.33. The summed E-state index contributed by atoms with van der Waals surface area (Å²) in [6.45, 7) is 2.75. The van der Waals surface area contributed by atoms with Crippen molar-refractivity contribution in [2.45, 2.75) is 37.8 Å². The number of hydrogen-bond donors (Lipinski definition) is 2. The van der Waals surface area contributed by atoms with Gasteiger partial charge in [0, 0.05) is 25.0 Å². The maximum absolute atomic E-state index is 15.3. The molecule has 0 bridgehead atoms. The van der Waals surface area contributed by atoms with Crippen molar-refractivity contribution < 1.29 is 18.3 Å². The van der Waals surface area contributed by atoms with Crippen LogP contribution in [0.3, 0.4) is 0 Å². The molecule has 0 unspecified atom stereocenters. The summed E-state index contributed by atoms with van der Waals surface area (Å²) in [5.74, 6) is -0.446. The molecule has 0 saturated heterocycles. The minimum Gasteiger partial charge on any atom is -0.468 e. The number of anilines is 1. The highest BCUT2D eigenvalue weighted by Gasteiger charge is 2.52. The number of aromatic nitrogens is 3. The number of methoxy groups -OCH3 is 1. The van der Waals surface area contributed by atoms with Crippen molar-refractivity contribution in [1.29, 1.82) is 0 Å². The number of pyridine rings is 1. The number of halogens is 2. The average molecular weight is 507 g/mol. The number of carbonyl (C=O) groups excluding carboxylic acids is 1. The Bertz CT molecular complexity index is 1380. The van der Waals surface area contributed by atoms with Crippen LogP contribution in [-0.2, 0) is 20.6 Å². The number of hydrogen-bond acceptors (Lipinski definition) is 7. The van der Waals surface area contributed by atoms with Crippen LogP contribution in [0.15, 0.2) is 60.1 Å². The van der Waals surface area contributed by atoms with Crippen LogP contribution in [0.4, 0.5) is 14.6 Å². The zero-order valence-corrected chi connectivity index (χ0v) is 21.0. The summed E-state index contributed by atoms with van der Waals surface area (Å²) in [5, 5.41) is 2.92. The lowest BCUT2D eigenvalue weighted by molar-refractivity contribution is -0.143. The number of carbonyl (C=O) groups is 1. The van der Waals surface area contributed by atoms with Gasteiger partial charge >= 0.3 is 5.97 Å². The van der Waals surface area contributed by atoms with E-state index in [-0.39, 0.29) is 34.6 Å². The van der Waals surface area contributed by atoms with Crippen molar-refractivity contribution in [3.05, 3.63) is 77.9 Å². The van der Waals surface area contributed by atoms with Gasteiger partial charge in [-0.25, -0.2) is 13.8 Å². The summed E-state index contributed by atoms with van der Waals surface area (Å²) in [4.78, 5) is 28.8. The molecule has 1 aliphatic rings. The lowest BCUT2D eigenvalue weighted by Gasteiger charge is -2.16. The molecule has 10 heteroatoms. The second-order valence-electron chi connectivity index (χ2n) is 9.25. The lowest BCUT2D eigenvalue weighted by Crippen LogP contribution is -2.21. The van der Waals surface area contributed by atoms with E-state index in [1.165, 1.54) is 58.9 Å². The minimum atomic E-state index is -1.69. The molecule has 0 aliphatic heterocycles. The molecule has 1 saturated carbocycles. The van der Waals surface area contributed by atoms with E-state index in [4.69, 9.17) is 10.5 Å². The number of nitrogens with one attached hydrogen (secondary N) is 1. The molecule has 192 valence electrons. The van der Waals surface area contributed by atoms with E-state index in [1.54, 1.807) is 0 Å². The van der Waals surface area contributed by atoms with Crippen LogP contribution in [0.5, 0.6) is 0 Å². The number of aliphatic imine (C=N–C) groups is 1. The van der Waals surface area contributed by atoms with Crippen LogP contribution >= 0.6 is 0 Å². The zero-order valence-electron chi connectivity index (χ0n) is 21.0. The Morgan fingerprint density at radius 3 is 2.43 bits per heavy atom. The van der Waals surface area contributed by atoms with Crippen LogP contribution in [0.1, 0.15) is 43.6 Å². The van der Waals surface area contributed by atoms with Crippen molar-refractivity contribution in [3.63, 3.8) is 0 Å². The first kappa shape index (κ1) is 25.9. The standard InChI is InChI=1S/C27H28F2N6O2/c1-26(2,29)21-14-32-15-22(34-21)35-24(31-3)19(12-30)23-20(28)11-17(13-33-23)16-5-7-18(8-6-16)27(9-10-27)25(36)37-4/h5-8,11-15H,9-10,30H2,1-4H3,(H,31,34,35). The van der Waals surface area contributed by atoms with Gasteiger partial charge in [0.25, 0.3) is 0 Å². The van der Waals surface area contributed by atoms with Crippen molar-refractivity contribution >= 4 is 23.2 Å². The number of esters is 1. The second kappa shape index (κ2) is 10.0. The topological polar surface area (TPSA) is 115 Å². The predicted octanol–water partition coefficient (Wildman–Crippen LogP) is 4.53. The zero-order chi connectivity index (χ0) is 26.8. The molecule has 8 nitrogen and oxygen atoms in total. The maximum atomic E-state index is 15.3. The van der Waals surface area contributed by atoms with E-state index in [0.717, 1.165) is 24.0 Å². The first-order chi connectivity index (χ1) is 17.6. The summed E-state index contributed by atoms with van der Waals surface area (Å²) in [7, 11) is 2.88. The van der Waals surface area contributed by atoms with E-state index in [0.29, 0.717) is 5.56 Å². The highest BCUT2D eigenvalue weighted by Crippen LogP contribution is 2.49. The van der Waals surface area contributed by atoms with Crippen molar-refractivity contribution in [2.24, 2.45) is 10.7 Å². The molecule has 37 heavy (non-hydrogen) atoms. The summed E-state index contributed by atoms with van der Waals surface area (Å²) >= 11 is 0. The molecule has 1 aromatic carbocycles. The Morgan fingerprint density at radius 2 is 1.89 bits per heavy atom. The van der Waals surface area contributed by atoms with Gasteiger partial charge in [-0.2, -0.15) is 0 Å². The van der Waals surface area contributed by atoms with Crippen LogP contribution in [0.2, 0.25) is 0 Å². The van der Waals surface area contributed by atoms with E-state index in [2.05, 4.69) is 25.3 Å². The van der Waals surface area contributed by atoms with Crippen molar-refractivity contribution in [2.75, 3.05) is 19.5 Å². The number of amidine groups is 1. The van der Waals surface area contributed by atoms with Gasteiger partial charge in [0.1, 0.15) is 28.8 Å². The first-order valence-electron chi connectivity index (χ1n) is 11.7. The molecular formula is C27H28F2N6O2. The van der Waals surface area contributed by atoms with E-state index >= 15 is 4.39 Å². The molecule has 0 spiro atoms. The molecule has 2 heterocycles. The average Bonchev–Trinajstić information content (AvgIpc) is 3.71. The van der Waals surface area contributed by atoms with Gasteiger partial charge in [-0.1, -0.05) is 24.3 Å². The Labute approximate surface area is 213 Å². The summed E-state index contributed by atoms with van der Waals surface area (Å²) in [6, 6.07) is 8.72. The molecule has 3 aromatic rings. The van der Waals surface area contributed by atoms with Gasteiger partial charge in [-0.15, -0.1) is 0 Å². The number of rotatable bonds is 7. The molecule has 0 radical (unpaired) electrons. The highest BCUT2D eigenvalue weighted by molar-refractivity contribution is 6.27. The Morgan fingerprint density at radius 1 is 1.19 bits per heavy atom. The molecule has 1 aliphatic carbocycles. The molecule has 1 fully saturated rings. The monoisotopic (exact) mass is 506 g/mol. The van der Waals surface area contributed by atoms with Crippen LogP contribution in [-0.4, -0.2) is 40.9 Å². The van der Waals surface area contributed by atoms with E-state index in [9.17, 15) is 9.18 Å². The summed E-state index contributed by atoms with van der Waals surface area (Å²) < 4.78 is 34.5. The first-order valence-corrected chi connectivity index (χ1v) is 11.7. The summed E-state index contributed by atoms with van der Waals surface area (Å²) in [5.41, 5.74) is 6.03. The van der Waals surface area contributed by atoms with Crippen molar-refractivity contribution in [3.8, 4) is 11.1 Å². The minimum absolute atomic E-state index is 0.0199. The third kappa shape index (κ3) is 5.18. The number of alkyl halides is 1. The van der Waals surface area contributed by atoms with Crippen molar-refractivity contribution in [1.82, 2.24) is 15.0 Å². The smallest absolute Gasteiger partial charge is 0.316 e. The van der Waals surface area contributed by atoms with Gasteiger partial charge in [-0.05, 0) is 43.9 Å². The highest BCUT2D eigenvalue weighted by atomic mass is 19.1. The van der Waals surface area contributed by atoms with Gasteiger partial charge in [-0.3, -0.25) is 19.8 Å². The molecule has 3 N–H and O–H groups in total. The van der Waals surface area contributed by atoms with Crippen LogP contribution in [0, 0.1) is 5.82 Å². The number of ether oxygens (including phenoxy) is 1. The molecule has 0 atom stereocenters. The summed E-state index contributed by atoms with van der Waals surface area (Å²) in [6.07, 6.45) is 6.94. The SMILES string of the molecule is CN=C(Nc1cncc(C(C)(C)F)n1)C(=CN)c1ncc(-c2ccc(C3(C(=O)OC)CC3)cc2)cc1F. The normalized spacial score (nSPS) is 15.3. The Balaban J connectivity index is 1.57. The number of nitrogens with two attached hydrogens (primary N) is 1. The van der Waals surface area contributed by atoms with Gasteiger partial charge in [0.15, 0.2) is 0 Å². The predicted molar refractivity (Wildman–Crippen MR) is 138 cm³/mol. The molecular weight excluding hydrogens is 478 g/mol. The second-order valence-corrected chi connectivity index (χ2v) is 9.25. The van der Waals surface area contributed by atoms with Gasteiger partial charge in [0.2, 0.25) is 0 Å².